The number of anilines is 3. The summed E-state index contributed by atoms with van der Waals surface area (Å²) in [5.41, 5.74) is 8.25. The average Bonchev–Trinajstić information content (AvgIpc) is 2.89. The smallest absolute Gasteiger partial charge is 0.258 e. The fourth-order valence-electron chi connectivity index (χ4n) is 3.91. The first-order valence-corrected chi connectivity index (χ1v) is 11.4. The first kappa shape index (κ1) is 24.3. The molecule has 4 rings (SSSR count). The fraction of sp³-hybridized carbons (Fsp3) is 0.269. The van der Waals surface area contributed by atoms with E-state index in [2.05, 4.69) is 31.2 Å². The molecule has 1 aliphatic rings. The predicted molar refractivity (Wildman–Crippen MR) is 136 cm³/mol. The van der Waals surface area contributed by atoms with Gasteiger partial charge in [-0.3, -0.25) is 9.69 Å². The third kappa shape index (κ3) is 6.40. The van der Waals surface area contributed by atoms with Crippen LogP contribution in [0.1, 0.15) is 15.9 Å². The Balaban J connectivity index is 1.33. The molecule has 1 aromatic heterocycles. The topological polar surface area (TPSA) is 96.6 Å². The zero-order valence-electron chi connectivity index (χ0n) is 19.6. The zero-order valence-corrected chi connectivity index (χ0v) is 19.6. The van der Waals surface area contributed by atoms with Gasteiger partial charge in [-0.25, -0.2) is 14.4 Å². The van der Waals surface area contributed by atoms with E-state index in [0.717, 1.165) is 31.7 Å². The first-order chi connectivity index (χ1) is 17.0. The summed E-state index contributed by atoms with van der Waals surface area (Å²) >= 11 is 0. The van der Waals surface area contributed by atoms with Crippen molar-refractivity contribution < 1.29 is 13.9 Å². The Hall–Kier alpha value is -3.82. The molecule has 1 fully saturated rings. The second-order valence-electron chi connectivity index (χ2n) is 8.27. The van der Waals surface area contributed by atoms with E-state index in [4.69, 9.17) is 10.5 Å². The molecular formula is C26H29FN6O2. The highest BCUT2D eigenvalue weighted by molar-refractivity contribution is 6.05. The van der Waals surface area contributed by atoms with Gasteiger partial charge in [-0.2, -0.15) is 0 Å². The second-order valence-corrected chi connectivity index (χ2v) is 8.27. The summed E-state index contributed by atoms with van der Waals surface area (Å²) in [6, 6.07) is 13.6. The van der Waals surface area contributed by atoms with Crippen molar-refractivity contribution in [3.63, 3.8) is 0 Å². The standard InChI is InChI=1S/C26H29FN6O2/c1-35-18-22(11-8-19-6-9-21(27)10-7-19)32-12-14-33(15-13-32)26-29-16-20(17-30-26)25(34)31-24-5-3-2-4-23(24)28/h2-11,16-17,22H,12-15,18,28H2,1H3,(H,31,34)/b11-8+. The predicted octanol–water partition coefficient (Wildman–Crippen LogP) is 3.30. The number of rotatable bonds is 8. The molecule has 1 aliphatic heterocycles. The third-order valence-electron chi connectivity index (χ3n) is 5.89. The number of ether oxygens (including phenoxy) is 1. The van der Waals surface area contributed by atoms with Crippen molar-refractivity contribution in [3.8, 4) is 0 Å². The molecule has 8 nitrogen and oxygen atoms in total. The van der Waals surface area contributed by atoms with E-state index in [9.17, 15) is 9.18 Å². The van der Waals surface area contributed by atoms with Gasteiger partial charge in [-0.15, -0.1) is 0 Å². The number of halogens is 1. The summed E-state index contributed by atoms with van der Waals surface area (Å²) in [6.07, 6.45) is 7.14. The van der Waals surface area contributed by atoms with Crippen molar-refractivity contribution in [1.29, 1.82) is 0 Å². The van der Waals surface area contributed by atoms with Gasteiger partial charge in [0.05, 0.1) is 29.6 Å². The Morgan fingerprint density at radius 1 is 1.11 bits per heavy atom. The molecule has 0 spiro atoms. The molecule has 0 aliphatic carbocycles. The van der Waals surface area contributed by atoms with Crippen LogP contribution in [0, 0.1) is 5.82 Å². The summed E-state index contributed by atoms with van der Waals surface area (Å²) in [5.74, 6) is 0.0312. The van der Waals surface area contributed by atoms with E-state index in [1.54, 1.807) is 37.4 Å². The van der Waals surface area contributed by atoms with E-state index < -0.39 is 0 Å². The van der Waals surface area contributed by atoms with Crippen LogP contribution in [0.5, 0.6) is 0 Å². The number of piperazine rings is 1. The number of hydrogen-bond donors (Lipinski definition) is 2. The molecule has 9 heteroatoms. The summed E-state index contributed by atoms with van der Waals surface area (Å²) in [6.45, 7) is 3.67. The molecule has 0 bridgehead atoms. The fourth-order valence-corrected chi connectivity index (χ4v) is 3.91. The van der Waals surface area contributed by atoms with E-state index >= 15 is 0 Å². The maximum absolute atomic E-state index is 13.1. The molecule has 0 saturated carbocycles. The Labute approximate surface area is 204 Å². The minimum Gasteiger partial charge on any atom is -0.397 e. The summed E-state index contributed by atoms with van der Waals surface area (Å²) in [4.78, 5) is 25.8. The number of nitrogens with one attached hydrogen (secondary N) is 1. The zero-order chi connectivity index (χ0) is 24.6. The van der Waals surface area contributed by atoms with Crippen molar-refractivity contribution in [2.24, 2.45) is 0 Å². The summed E-state index contributed by atoms with van der Waals surface area (Å²) in [5, 5.41) is 2.78. The molecule has 1 unspecified atom stereocenters. The van der Waals surface area contributed by atoms with E-state index in [-0.39, 0.29) is 17.8 Å². The van der Waals surface area contributed by atoms with Gasteiger partial charge < -0.3 is 20.7 Å². The van der Waals surface area contributed by atoms with Gasteiger partial charge in [-0.1, -0.05) is 36.4 Å². The lowest BCUT2D eigenvalue weighted by atomic mass is 10.1. The average molecular weight is 477 g/mol. The third-order valence-corrected chi connectivity index (χ3v) is 5.89. The van der Waals surface area contributed by atoms with Crippen LogP contribution < -0.4 is 16.0 Å². The van der Waals surface area contributed by atoms with Crippen LogP contribution in [-0.2, 0) is 4.74 Å². The number of aromatic nitrogens is 2. The van der Waals surface area contributed by atoms with E-state index in [0.29, 0.717) is 29.5 Å². The first-order valence-electron chi connectivity index (χ1n) is 11.4. The lowest BCUT2D eigenvalue weighted by molar-refractivity contribution is 0.102. The van der Waals surface area contributed by atoms with Crippen molar-refractivity contribution in [2.45, 2.75) is 6.04 Å². The Morgan fingerprint density at radius 2 is 1.80 bits per heavy atom. The quantitative estimate of drug-likeness (QED) is 0.482. The maximum atomic E-state index is 13.1. The highest BCUT2D eigenvalue weighted by atomic mass is 19.1. The molecule has 2 aromatic carbocycles. The highest BCUT2D eigenvalue weighted by Crippen LogP contribution is 2.19. The monoisotopic (exact) mass is 476 g/mol. The van der Waals surface area contributed by atoms with Gasteiger partial charge in [-0.05, 0) is 29.8 Å². The Bertz CT molecular complexity index is 1150. The van der Waals surface area contributed by atoms with Crippen LogP contribution >= 0.6 is 0 Å². The van der Waals surface area contributed by atoms with Crippen LogP contribution in [-0.4, -0.2) is 66.7 Å². The van der Waals surface area contributed by atoms with Gasteiger partial charge in [0.1, 0.15) is 5.82 Å². The van der Waals surface area contributed by atoms with Crippen LogP contribution in [0.3, 0.4) is 0 Å². The number of amides is 1. The van der Waals surface area contributed by atoms with Crippen molar-refractivity contribution >= 4 is 29.3 Å². The summed E-state index contributed by atoms with van der Waals surface area (Å²) in [7, 11) is 1.69. The van der Waals surface area contributed by atoms with Crippen molar-refractivity contribution in [1.82, 2.24) is 14.9 Å². The maximum Gasteiger partial charge on any atom is 0.258 e. The number of methoxy groups -OCH3 is 1. The van der Waals surface area contributed by atoms with Crippen molar-refractivity contribution in [2.75, 3.05) is 55.8 Å². The highest BCUT2D eigenvalue weighted by Gasteiger charge is 2.24. The minimum absolute atomic E-state index is 0.101. The normalized spacial score (nSPS) is 15.3. The summed E-state index contributed by atoms with van der Waals surface area (Å²) < 4.78 is 18.6. The lowest BCUT2D eigenvalue weighted by Gasteiger charge is -2.38. The molecule has 35 heavy (non-hydrogen) atoms. The lowest BCUT2D eigenvalue weighted by Crippen LogP contribution is -2.51. The van der Waals surface area contributed by atoms with Gasteiger partial charge in [0, 0.05) is 45.7 Å². The number of para-hydroxylation sites is 2. The number of carbonyl (C=O) groups is 1. The SMILES string of the molecule is COCC(/C=C/c1ccc(F)cc1)N1CCN(c2ncc(C(=O)Nc3ccccc3N)cn2)CC1. The molecule has 2 heterocycles. The van der Waals surface area contributed by atoms with Gasteiger partial charge in [0.15, 0.2) is 0 Å². The van der Waals surface area contributed by atoms with Gasteiger partial charge in [0.2, 0.25) is 5.95 Å². The molecule has 1 amide bonds. The molecule has 182 valence electrons. The number of nitrogen functional groups attached to an aromatic ring is 1. The van der Waals surface area contributed by atoms with Crippen LogP contribution in [0.25, 0.3) is 6.08 Å². The Kier molecular flexibility index (Phi) is 8.02. The van der Waals surface area contributed by atoms with E-state index in [1.807, 2.05) is 12.1 Å². The molecule has 0 radical (unpaired) electrons. The number of benzene rings is 2. The number of hydrogen-bond acceptors (Lipinski definition) is 7. The molecule has 1 atom stereocenters. The van der Waals surface area contributed by atoms with Gasteiger partial charge in [0.25, 0.3) is 5.91 Å². The minimum atomic E-state index is -0.311. The molecule has 3 N–H and O–H groups in total. The van der Waals surface area contributed by atoms with Crippen LogP contribution in [0.15, 0.2) is 67.0 Å². The second kappa shape index (κ2) is 11.5. The number of nitrogens with zero attached hydrogens (tertiary/aromatic N) is 4. The Morgan fingerprint density at radius 3 is 2.46 bits per heavy atom. The molecule has 3 aromatic rings. The molecular weight excluding hydrogens is 447 g/mol. The largest absolute Gasteiger partial charge is 0.397 e. The number of carbonyl (C=O) groups excluding carboxylic acids is 1. The van der Waals surface area contributed by atoms with Crippen molar-refractivity contribution in [3.05, 3.63) is 83.9 Å². The van der Waals surface area contributed by atoms with E-state index in [1.165, 1.54) is 24.5 Å². The molecule has 1 saturated heterocycles. The van der Waals surface area contributed by atoms with Gasteiger partial charge >= 0.3 is 0 Å². The number of nitrogens with two attached hydrogens (primary N) is 1. The van der Waals surface area contributed by atoms with Crippen LogP contribution in [0.4, 0.5) is 21.7 Å². The van der Waals surface area contributed by atoms with Crippen LogP contribution in [0.2, 0.25) is 0 Å².